The monoisotopic (exact) mass is 1300 g/mol. The number of fused-ring (bicyclic) bond motifs is 7. The minimum absolute atomic E-state index is 0.149. The number of alkyl halides is 6. The van der Waals surface area contributed by atoms with Gasteiger partial charge in [-0.3, -0.25) is 0 Å². The third kappa shape index (κ3) is 10.4. The first kappa shape index (κ1) is 60.7. The van der Waals surface area contributed by atoms with Crippen LogP contribution in [0.1, 0.15) is 22.3 Å². The van der Waals surface area contributed by atoms with Crippen LogP contribution in [-0.2, 0) is 12.4 Å². The second kappa shape index (κ2) is 24.0. The molecule has 5 nitrogen and oxygen atoms in total. The van der Waals surface area contributed by atoms with Crippen LogP contribution in [0.4, 0.5) is 60.5 Å². The number of hydrogen-bond acceptors (Lipinski definition) is 4. The molecule has 100 heavy (non-hydrogen) atoms. The van der Waals surface area contributed by atoms with Gasteiger partial charge in [-0.15, -0.1) is 0 Å². The van der Waals surface area contributed by atoms with Crippen LogP contribution in [0.5, 0.6) is 0 Å². The molecule has 0 aliphatic carbocycles. The van der Waals surface area contributed by atoms with Crippen molar-refractivity contribution in [2.24, 2.45) is 0 Å². The van der Waals surface area contributed by atoms with Crippen LogP contribution in [0.25, 0.3) is 105 Å². The molecule has 2 aliphatic heterocycles. The molecule has 2 aliphatic rings. The molecule has 0 unspecified atom stereocenters. The van der Waals surface area contributed by atoms with Crippen molar-refractivity contribution in [1.82, 2.24) is 4.57 Å². The first-order valence-electron chi connectivity index (χ1n) is 32.7. The molecule has 12 heteroatoms. The third-order valence-corrected chi connectivity index (χ3v) is 19.5. The van der Waals surface area contributed by atoms with E-state index in [0.29, 0.717) is 16.8 Å². The van der Waals surface area contributed by atoms with Crippen molar-refractivity contribution in [3.63, 3.8) is 0 Å². The zero-order valence-electron chi connectivity index (χ0n) is 53.1. The van der Waals surface area contributed by atoms with Gasteiger partial charge in [0.1, 0.15) is 0 Å². The SMILES string of the molecule is N#Cc1cc(C(F)(F)F)ccc1-c1ccc(-n2c3ccccc3c3cc(-c4cc5c6c(c4)N(c4ccc(-c7ccccc7)cc4)c4ccc(-c7ccccc7)cc4B6c4cc(-c6ccccc6)ccc4N5c4ccc(-c5ccccc5)cc4)ccc32)c(-c2ccc(C(F)(F)F)cc2C#N)c1. The predicted octanol–water partition coefficient (Wildman–Crippen LogP) is 22.3. The van der Waals surface area contributed by atoms with E-state index in [0.717, 1.165) is 152 Å². The fraction of sp³-hybridized carbons (Fsp3) is 0.0227. The lowest BCUT2D eigenvalue weighted by Crippen LogP contribution is -2.61. The number of halogens is 6. The van der Waals surface area contributed by atoms with E-state index in [2.05, 4.69) is 192 Å². The molecular formula is C88H52BF6N5. The van der Waals surface area contributed by atoms with Gasteiger partial charge in [0.15, 0.2) is 0 Å². The van der Waals surface area contributed by atoms with E-state index in [1.165, 1.54) is 12.1 Å². The molecule has 15 aromatic rings. The maximum atomic E-state index is 14.4. The molecule has 474 valence electrons. The van der Waals surface area contributed by atoms with Crippen LogP contribution in [0, 0.1) is 22.7 Å². The molecule has 0 radical (unpaired) electrons. The minimum Gasteiger partial charge on any atom is -0.311 e. The number of rotatable bonds is 10. The summed E-state index contributed by atoms with van der Waals surface area (Å²) in [4.78, 5) is 4.83. The Morgan fingerprint density at radius 3 is 1.16 bits per heavy atom. The maximum absolute atomic E-state index is 14.4. The largest absolute Gasteiger partial charge is 0.416 e. The Hall–Kier alpha value is -12.9. The fourth-order valence-electron chi connectivity index (χ4n) is 14.9. The van der Waals surface area contributed by atoms with Crippen molar-refractivity contribution in [3.05, 3.63) is 338 Å². The number of benzene rings is 14. The summed E-state index contributed by atoms with van der Waals surface area (Å²) in [6, 6.07) is 107. The third-order valence-electron chi connectivity index (χ3n) is 19.5. The van der Waals surface area contributed by atoms with Gasteiger partial charge in [-0.1, -0.05) is 212 Å². The highest BCUT2D eigenvalue weighted by molar-refractivity contribution is 7.00. The molecule has 17 rings (SSSR count). The smallest absolute Gasteiger partial charge is 0.311 e. The van der Waals surface area contributed by atoms with Crippen molar-refractivity contribution in [2.45, 2.75) is 12.4 Å². The number of para-hydroxylation sites is 1. The first-order chi connectivity index (χ1) is 48.8. The Balaban J connectivity index is 0.915. The number of hydrogen-bond donors (Lipinski definition) is 0. The lowest BCUT2D eigenvalue weighted by Gasteiger charge is -2.44. The van der Waals surface area contributed by atoms with Gasteiger partial charge in [0.25, 0.3) is 6.71 Å². The van der Waals surface area contributed by atoms with Crippen molar-refractivity contribution in [1.29, 1.82) is 10.5 Å². The van der Waals surface area contributed by atoms with Crippen LogP contribution in [0.3, 0.4) is 0 Å². The molecule has 0 saturated carbocycles. The molecule has 0 saturated heterocycles. The standard InChI is InChI=1S/C88H52BF6N5/c90-87(91,92)68-33-39-72(66(45-68)53-96)64-32-42-80(75(48-64)73-40-34-69(88(93,94)95)46-67(73)54-97)100-79-24-14-13-23-74(79)76-47-61(29-41-81(76)100)65-51-84-86-85(52-65)99(71-37-27-60(28-38-71)56-17-7-2-8-18-56)83-44-31-63(58-21-11-4-12-22-58)50-78(83)89(86)77-49-62(57-19-9-3-10-20-57)30-43-82(77)98(84)70-35-25-59(26-36-70)55-15-5-1-6-16-55/h1-52H. The normalized spacial score (nSPS) is 12.4. The Labute approximate surface area is 572 Å². The van der Waals surface area contributed by atoms with Gasteiger partial charge in [0.05, 0.1) is 51.1 Å². The van der Waals surface area contributed by atoms with Crippen LogP contribution in [0.2, 0.25) is 0 Å². The molecule has 0 bridgehead atoms. The summed E-state index contributed by atoms with van der Waals surface area (Å²) in [6.07, 6.45) is -9.50. The van der Waals surface area contributed by atoms with Gasteiger partial charge in [-0.05, 0) is 186 Å². The molecule has 0 N–H and O–H groups in total. The lowest BCUT2D eigenvalue weighted by atomic mass is 9.33. The average Bonchev–Trinajstić information content (AvgIpc) is 0.783. The summed E-state index contributed by atoms with van der Waals surface area (Å²) in [7, 11) is 0. The Morgan fingerprint density at radius 1 is 0.280 bits per heavy atom. The molecule has 0 atom stereocenters. The summed E-state index contributed by atoms with van der Waals surface area (Å²) in [5, 5.41) is 22.7. The first-order valence-corrected chi connectivity index (χ1v) is 32.7. The summed E-state index contributed by atoms with van der Waals surface area (Å²) in [5.74, 6) is 0. The van der Waals surface area contributed by atoms with Crippen molar-refractivity contribution >= 4 is 79.0 Å². The fourth-order valence-corrected chi connectivity index (χ4v) is 14.9. The number of nitrogens with zero attached hydrogens (tertiary/aromatic N) is 5. The Bertz CT molecular complexity index is 5640. The molecule has 14 aromatic carbocycles. The van der Waals surface area contributed by atoms with E-state index in [1.807, 2.05) is 95.6 Å². The average molecular weight is 1300 g/mol. The summed E-state index contributed by atoms with van der Waals surface area (Å²) in [6.45, 7) is -0.269. The molecule has 0 spiro atoms. The van der Waals surface area contributed by atoms with Crippen LogP contribution >= 0.6 is 0 Å². The number of nitriles is 2. The summed E-state index contributed by atoms with van der Waals surface area (Å²) >= 11 is 0. The Kier molecular flexibility index (Phi) is 14.6. The predicted molar refractivity (Wildman–Crippen MR) is 392 cm³/mol. The molecule has 3 heterocycles. The van der Waals surface area contributed by atoms with E-state index < -0.39 is 23.5 Å². The van der Waals surface area contributed by atoms with Gasteiger partial charge in [-0.25, -0.2) is 0 Å². The molecule has 1 aromatic heterocycles. The van der Waals surface area contributed by atoms with Gasteiger partial charge >= 0.3 is 12.4 Å². The molecule has 0 amide bonds. The van der Waals surface area contributed by atoms with Crippen LogP contribution < -0.4 is 26.2 Å². The molecular weight excluding hydrogens is 1250 g/mol. The maximum Gasteiger partial charge on any atom is 0.416 e. The lowest BCUT2D eigenvalue weighted by molar-refractivity contribution is -0.138. The zero-order valence-corrected chi connectivity index (χ0v) is 53.1. The topological polar surface area (TPSA) is 59.0 Å². The van der Waals surface area contributed by atoms with Gasteiger partial charge in [0, 0.05) is 56.0 Å². The molecule has 0 fully saturated rings. The van der Waals surface area contributed by atoms with E-state index in [-0.39, 0.29) is 29.0 Å². The van der Waals surface area contributed by atoms with E-state index in [1.54, 1.807) is 18.2 Å². The summed E-state index contributed by atoms with van der Waals surface area (Å²) < 4.78 is 87.5. The minimum atomic E-state index is -4.77. The number of anilines is 6. The van der Waals surface area contributed by atoms with Crippen molar-refractivity contribution in [3.8, 4) is 95.7 Å². The second-order valence-electron chi connectivity index (χ2n) is 25.2. The van der Waals surface area contributed by atoms with E-state index in [4.69, 9.17) is 0 Å². The van der Waals surface area contributed by atoms with E-state index >= 15 is 0 Å². The van der Waals surface area contributed by atoms with Gasteiger partial charge < -0.3 is 14.4 Å². The van der Waals surface area contributed by atoms with Crippen molar-refractivity contribution in [2.75, 3.05) is 9.80 Å². The van der Waals surface area contributed by atoms with E-state index in [9.17, 15) is 36.9 Å². The summed E-state index contributed by atoms with van der Waals surface area (Å²) in [5.41, 5.74) is 20.2. The van der Waals surface area contributed by atoms with Crippen LogP contribution in [0.15, 0.2) is 315 Å². The quantitative estimate of drug-likeness (QED) is 0.101. The van der Waals surface area contributed by atoms with Crippen LogP contribution in [-0.4, -0.2) is 11.3 Å². The van der Waals surface area contributed by atoms with Gasteiger partial charge in [0.2, 0.25) is 0 Å². The van der Waals surface area contributed by atoms with Gasteiger partial charge in [-0.2, -0.15) is 36.9 Å². The zero-order chi connectivity index (χ0) is 68.0. The highest BCUT2D eigenvalue weighted by Crippen LogP contribution is 2.50. The number of aromatic nitrogens is 1. The highest BCUT2D eigenvalue weighted by atomic mass is 19.4. The highest BCUT2D eigenvalue weighted by Gasteiger charge is 2.44. The van der Waals surface area contributed by atoms with Crippen molar-refractivity contribution < 1.29 is 26.3 Å². The Morgan fingerprint density at radius 2 is 0.670 bits per heavy atom. The second-order valence-corrected chi connectivity index (χ2v) is 25.2.